The molecule has 3 N–H and O–H groups in total. The number of halogens is 1. The molecule has 1 atom stereocenters. The lowest BCUT2D eigenvalue weighted by Gasteiger charge is -2.34. The van der Waals surface area contributed by atoms with Crippen molar-refractivity contribution in [1.29, 1.82) is 0 Å². The fraction of sp³-hybridized carbons (Fsp3) is 0.455. The zero-order valence-electron chi connectivity index (χ0n) is 24.6. The number of piperidine rings is 1. The molecule has 9 nitrogen and oxygen atoms in total. The third kappa shape index (κ3) is 7.28. The van der Waals surface area contributed by atoms with Gasteiger partial charge in [0.25, 0.3) is 0 Å². The number of hydrogen-bond donors (Lipinski definition) is 3. The number of likely N-dealkylation sites (tertiary alicyclic amines) is 1. The Morgan fingerprint density at radius 1 is 1.05 bits per heavy atom. The molecule has 0 radical (unpaired) electrons. The first-order valence-electron chi connectivity index (χ1n) is 15.3. The largest absolute Gasteiger partial charge is 0.497 e. The lowest BCUT2D eigenvalue weighted by Crippen LogP contribution is -2.43. The van der Waals surface area contributed by atoms with E-state index < -0.39 is 6.23 Å². The zero-order chi connectivity index (χ0) is 29.6. The Balaban J connectivity index is 0.991. The van der Waals surface area contributed by atoms with Gasteiger partial charge in [-0.2, -0.15) is 0 Å². The number of rotatable bonds is 11. The van der Waals surface area contributed by atoms with Crippen molar-refractivity contribution in [1.82, 2.24) is 20.9 Å². The second-order valence-corrected chi connectivity index (χ2v) is 11.9. The molecule has 1 saturated heterocycles. The highest BCUT2D eigenvalue weighted by molar-refractivity contribution is 6.32. The van der Waals surface area contributed by atoms with Crippen molar-refractivity contribution in [3.63, 3.8) is 0 Å². The van der Waals surface area contributed by atoms with Gasteiger partial charge in [-0.15, -0.1) is 0 Å². The monoisotopic (exact) mass is 605 g/mol. The van der Waals surface area contributed by atoms with Crippen molar-refractivity contribution in [2.45, 2.75) is 57.3 Å². The maximum absolute atomic E-state index is 12.2. The van der Waals surface area contributed by atoms with Crippen LogP contribution in [0.2, 0.25) is 0 Å². The van der Waals surface area contributed by atoms with Gasteiger partial charge in [0.1, 0.15) is 40.9 Å². The molecule has 1 amide bonds. The predicted molar refractivity (Wildman–Crippen MR) is 167 cm³/mol. The minimum atomic E-state index is -0.463. The Bertz CT molecular complexity index is 1360. The molecule has 0 spiro atoms. The maximum atomic E-state index is 12.2. The fourth-order valence-corrected chi connectivity index (χ4v) is 6.31. The highest BCUT2D eigenvalue weighted by Gasteiger charge is 2.33. The Labute approximate surface area is 258 Å². The first-order chi connectivity index (χ1) is 21.1. The number of hydrogen-bond acceptors (Lipinski definition) is 8. The Kier molecular flexibility index (Phi) is 9.39. The molecule has 0 bridgehead atoms. The van der Waals surface area contributed by atoms with E-state index in [4.69, 9.17) is 30.8 Å². The number of amidine groups is 1. The minimum absolute atomic E-state index is 0.151. The van der Waals surface area contributed by atoms with Crippen molar-refractivity contribution in [3.05, 3.63) is 82.3 Å². The zero-order valence-corrected chi connectivity index (χ0v) is 25.4. The molecule has 1 unspecified atom stereocenters. The van der Waals surface area contributed by atoms with Crippen molar-refractivity contribution in [2.24, 2.45) is 10.9 Å². The molecule has 4 aliphatic rings. The number of carbonyl (C=O) groups excluding carboxylic acids is 1. The van der Waals surface area contributed by atoms with E-state index in [0.29, 0.717) is 24.2 Å². The molecule has 3 aliphatic heterocycles. The molecular weight excluding hydrogens is 566 g/mol. The molecular formula is C33H40ClN5O4. The maximum Gasteiger partial charge on any atom is 0.233 e. The topological polar surface area (TPSA) is 96.5 Å². The van der Waals surface area contributed by atoms with E-state index in [0.717, 1.165) is 92.5 Å². The van der Waals surface area contributed by atoms with Crippen LogP contribution >= 0.6 is 11.6 Å². The molecule has 3 heterocycles. The Hall–Kier alpha value is -3.69. The van der Waals surface area contributed by atoms with Crippen molar-refractivity contribution >= 4 is 23.3 Å². The van der Waals surface area contributed by atoms with Crippen LogP contribution in [0.3, 0.4) is 0 Å². The fourth-order valence-electron chi connectivity index (χ4n) is 6.11. The molecule has 6 rings (SSSR count). The average molecular weight is 606 g/mol. The number of fused-ring (bicyclic) bond motifs is 1. The summed E-state index contributed by atoms with van der Waals surface area (Å²) in [6.45, 7) is 3.87. The number of nitrogens with one attached hydrogen (secondary N) is 3. The number of ether oxygens (including phenoxy) is 3. The van der Waals surface area contributed by atoms with Crippen LogP contribution < -0.4 is 25.4 Å². The molecule has 43 heavy (non-hydrogen) atoms. The van der Waals surface area contributed by atoms with Crippen LogP contribution in [0.4, 0.5) is 0 Å². The number of nitrogens with zero attached hydrogens (tertiary/aromatic N) is 2. The number of amides is 1. The quantitative estimate of drug-likeness (QED) is 0.321. The van der Waals surface area contributed by atoms with E-state index in [1.54, 1.807) is 13.4 Å². The van der Waals surface area contributed by atoms with Crippen LogP contribution in [0.25, 0.3) is 0 Å². The van der Waals surface area contributed by atoms with E-state index in [-0.39, 0.29) is 11.8 Å². The van der Waals surface area contributed by atoms with Gasteiger partial charge in [0, 0.05) is 37.2 Å². The summed E-state index contributed by atoms with van der Waals surface area (Å²) in [4.78, 5) is 19.4. The van der Waals surface area contributed by atoms with Crippen LogP contribution in [-0.2, 0) is 16.1 Å². The number of allylic oxidation sites excluding steroid dienone is 1. The lowest BCUT2D eigenvalue weighted by molar-refractivity contribution is -0.124. The van der Waals surface area contributed by atoms with Gasteiger partial charge in [-0.3, -0.25) is 9.69 Å². The number of methoxy groups -OCH3 is 1. The number of aliphatic imine (C=N–C) groups is 1. The average Bonchev–Trinajstić information content (AvgIpc) is 3.74. The molecule has 2 aromatic carbocycles. The van der Waals surface area contributed by atoms with Crippen LogP contribution in [0.5, 0.6) is 11.5 Å². The summed E-state index contributed by atoms with van der Waals surface area (Å²) in [5, 5.41) is 10.7. The van der Waals surface area contributed by atoms with Gasteiger partial charge in [-0.25, -0.2) is 4.99 Å². The molecule has 228 valence electrons. The van der Waals surface area contributed by atoms with Gasteiger partial charge in [-0.1, -0.05) is 36.6 Å². The van der Waals surface area contributed by atoms with Crippen molar-refractivity contribution in [2.75, 3.05) is 33.4 Å². The molecule has 2 fully saturated rings. The molecule has 1 aliphatic carbocycles. The van der Waals surface area contributed by atoms with Gasteiger partial charge in [0.2, 0.25) is 12.1 Å². The van der Waals surface area contributed by atoms with Crippen molar-refractivity contribution < 1.29 is 19.0 Å². The van der Waals surface area contributed by atoms with Crippen LogP contribution in [-0.4, -0.2) is 62.3 Å². The summed E-state index contributed by atoms with van der Waals surface area (Å²) in [6, 6.07) is 16.4. The number of carbonyl (C=O) groups is 1. The van der Waals surface area contributed by atoms with Gasteiger partial charge < -0.3 is 30.2 Å². The highest BCUT2D eigenvalue weighted by atomic mass is 35.5. The third-order valence-electron chi connectivity index (χ3n) is 8.58. The summed E-state index contributed by atoms with van der Waals surface area (Å²) < 4.78 is 16.9. The standard InChI is InChI=1S/C33H40ClN5O4/c1-41-26-10-6-22(7-11-26)20-39-17-14-25(15-18-39)36-29-28(34)21-43-33-30(29)37-31(38-33)23-8-12-27(13-9-23)42-19-16-35-32(40)24-4-2-3-5-24/h6-13,21,24-25,33,36H,2-5,14-20H2,1H3,(H,35,40)(H,37,38). The number of benzene rings is 2. The van der Waals surface area contributed by atoms with E-state index in [9.17, 15) is 4.79 Å². The van der Waals surface area contributed by atoms with Crippen LogP contribution in [0.1, 0.15) is 49.7 Å². The smallest absolute Gasteiger partial charge is 0.233 e. The van der Waals surface area contributed by atoms with E-state index >= 15 is 0 Å². The van der Waals surface area contributed by atoms with Crippen LogP contribution in [0.15, 0.2) is 76.2 Å². The van der Waals surface area contributed by atoms with E-state index in [1.165, 1.54) is 5.56 Å². The molecule has 0 aromatic heterocycles. The van der Waals surface area contributed by atoms with Crippen LogP contribution in [0, 0.1) is 5.92 Å². The van der Waals surface area contributed by atoms with E-state index in [1.807, 2.05) is 36.4 Å². The predicted octanol–water partition coefficient (Wildman–Crippen LogP) is 4.63. The summed E-state index contributed by atoms with van der Waals surface area (Å²) in [6.07, 6.45) is 7.45. The van der Waals surface area contributed by atoms with Gasteiger partial charge in [-0.05, 0) is 67.6 Å². The summed E-state index contributed by atoms with van der Waals surface area (Å²) >= 11 is 6.62. The van der Waals surface area contributed by atoms with Gasteiger partial charge >= 0.3 is 0 Å². The minimum Gasteiger partial charge on any atom is -0.497 e. The Morgan fingerprint density at radius 3 is 2.49 bits per heavy atom. The summed E-state index contributed by atoms with van der Waals surface area (Å²) in [5.41, 5.74) is 3.90. The summed E-state index contributed by atoms with van der Waals surface area (Å²) in [5.74, 6) is 2.68. The Morgan fingerprint density at radius 2 is 1.77 bits per heavy atom. The second-order valence-electron chi connectivity index (χ2n) is 11.5. The van der Waals surface area contributed by atoms with Gasteiger partial charge in [0.15, 0.2) is 0 Å². The molecule has 10 heteroatoms. The molecule has 2 aromatic rings. The van der Waals surface area contributed by atoms with Crippen molar-refractivity contribution in [3.8, 4) is 11.5 Å². The van der Waals surface area contributed by atoms with Gasteiger partial charge in [0.05, 0.1) is 19.4 Å². The molecule has 1 saturated carbocycles. The lowest BCUT2D eigenvalue weighted by atomic mass is 10.0. The normalized spacial score (nSPS) is 20.9. The third-order valence-corrected chi connectivity index (χ3v) is 8.86. The first kappa shape index (κ1) is 29.4. The first-order valence-corrected chi connectivity index (χ1v) is 15.7. The van der Waals surface area contributed by atoms with E-state index in [2.05, 4.69) is 33.0 Å². The highest BCUT2D eigenvalue weighted by Crippen LogP contribution is 2.31. The second kappa shape index (κ2) is 13.7. The SMILES string of the molecule is COc1ccc(CN2CCC(NC3=C4NC(c5ccc(OCCNC(=O)C6CCCC6)cc5)=NC4OC=C3Cl)CC2)cc1. The summed E-state index contributed by atoms with van der Waals surface area (Å²) in [7, 11) is 1.69.